The third-order valence-corrected chi connectivity index (χ3v) is 4.43. The van der Waals surface area contributed by atoms with Crippen molar-refractivity contribution in [2.75, 3.05) is 0 Å². The minimum Gasteiger partial charge on any atom is -0.334 e. The smallest absolute Gasteiger partial charge is 0.178 e. The minimum absolute atomic E-state index is 0.148. The van der Waals surface area contributed by atoms with E-state index in [4.69, 9.17) is 0 Å². The molecule has 0 N–H and O–H groups in total. The molecule has 122 valence electrons. The summed E-state index contributed by atoms with van der Waals surface area (Å²) in [6, 6.07) is 19.8. The van der Waals surface area contributed by atoms with Crippen LogP contribution >= 0.6 is 0 Å². The Balaban J connectivity index is 2.09. The molecule has 4 rings (SSSR count). The van der Waals surface area contributed by atoms with Gasteiger partial charge >= 0.3 is 0 Å². The molecular weight excluding hydrogens is 312 g/mol. The van der Waals surface area contributed by atoms with Gasteiger partial charge in [0, 0.05) is 29.8 Å². The highest BCUT2D eigenvalue weighted by Crippen LogP contribution is 2.31. The van der Waals surface area contributed by atoms with Crippen LogP contribution in [0.4, 0.5) is 0 Å². The van der Waals surface area contributed by atoms with E-state index in [1.807, 2.05) is 42.5 Å². The van der Waals surface area contributed by atoms with Crippen LogP contribution in [0.15, 0.2) is 60.7 Å². The lowest BCUT2D eigenvalue weighted by molar-refractivity contribution is 0.101. The van der Waals surface area contributed by atoms with Gasteiger partial charge in [-0.05, 0) is 17.7 Å². The molecule has 0 saturated heterocycles. The number of fused-ring (bicyclic) bond motifs is 3. The van der Waals surface area contributed by atoms with Gasteiger partial charge in [0.15, 0.2) is 12.1 Å². The third-order valence-electron chi connectivity index (χ3n) is 4.43. The molecule has 4 aromatic rings. The number of hydrogen-bond acceptors (Lipinski definition) is 3. The second-order valence-electron chi connectivity index (χ2n) is 6.05. The second kappa shape index (κ2) is 5.98. The molecule has 0 radical (unpaired) electrons. The Hall–Kier alpha value is -3.27. The number of pyridine rings is 1. The maximum Gasteiger partial charge on any atom is 0.178 e. The van der Waals surface area contributed by atoms with Gasteiger partial charge in [-0.3, -0.25) is 9.59 Å². The number of Topliss-reactive ketones (excluding diaryl/α,β-unsaturated/α-hetero) is 1. The average Bonchev–Trinajstić information content (AvgIpc) is 2.96. The molecular formula is C21H16N2O2. The molecule has 25 heavy (non-hydrogen) atoms. The molecule has 0 amide bonds. The van der Waals surface area contributed by atoms with Gasteiger partial charge in [-0.15, -0.1) is 0 Å². The highest BCUT2D eigenvalue weighted by molar-refractivity contribution is 6.13. The van der Waals surface area contributed by atoms with E-state index < -0.39 is 0 Å². The van der Waals surface area contributed by atoms with Gasteiger partial charge in [-0.25, -0.2) is 4.98 Å². The zero-order valence-electron chi connectivity index (χ0n) is 13.8. The topological polar surface area (TPSA) is 52.0 Å². The van der Waals surface area contributed by atoms with Crippen molar-refractivity contribution in [3.63, 3.8) is 0 Å². The van der Waals surface area contributed by atoms with Gasteiger partial charge in [0.05, 0.1) is 5.52 Å². The molecule has 0 spiro atoms. The van der Waals surface area contributed by atoms with E-state index in [9.17, 15) is 9.59 Å². The van der Waals surface area contributed by atoms with E-state index in [-0.39, 0.29) is 5.78 Å². The molecule has 0 aliphatic carbocycles. The molecule has 2 aromatic carbocycles. The van der Waals surface area contributed by atoms with Gasteiger partial charge in [0.1, 0.15) is 11.4 Å². The van der Waals surface area contributed by atoms with E-state index in [1.165, 1.54) is 6.92 Å². The summed E-state index contributed by atoms with van der Waals surface area (Å²) < 4.78 is 2.10. The minimum atomic E-state index is -0.148. The number of nitrogens with zero attached hydrogens (tertiary/aromatic N) is 2. The van der Waals surface area contributed by atoms with Gasteiger partial charge in [0.25, 0.3) is 0 Å². The Morgan fingerprint density at radius 3 is 2.48 bits per heavy atom. The first-order chi connectivity index (χ1) is 12.2. The summed E-state index contributed by atoms with van der Waals surface area (Å²) >= 11 is 0. The molecule has 4 nitrogen and oxygen atoms in total. The zero-order chi connectivity index (χ0) is 17.4. The normalized spacial score (nSPS) is 11.1. The summed E-state index contributed by atoms with van der Waals surface area (Å²) in [5, 5.41) is 1.90. The molecule has 0 aliphatic heterocycles. The number of aromatic nitrogens is 2. The molecule has 0 fully saturated rings. The monoisotopic (exact) mass is 328 g/mol. The number of benzene rings is 2. The Morgan fingerprint density at radius 2 is 1.76 bits per heavy atom. The highest BCUT2D eigenvalue weighted by Gasteiger charge is 2.17. The van der Waals surface area contributed by atoms with Crippen LogP contribution in [-0.4, -0.2) is 21.6 Å². The van der Waals surface area contributed by atoms with Gasteiger partial charge in [-0.1, -0.05) is 48.5 Å². The number of carbonyl (C=O) groups excluding carboxylic acids is 2. The van der Waals surface area contributed by atoms with E-state index in [2.05, 4.69) is 21.7 Å². The number of aldehydes is 1. The number of ketones is 1. The molecule has 2 aromatic heterocycles. The molecule has 0 aliphatic rings. The Kier molecular flexibility index (Phi) is 3.65. The molecule has 4 heteroatoms. The van der Waals surface area contributed by atoms with Crippen LogP contribution in [-0.2, 0) is 6.54 Å². The SMILES string of the molecule is CC(=O)c1cc2c3ccccc3n(Cc3ccccc3)c2c(C=O)n1. The van der Waals surface area contributed by atoms with Crippen molar-refractivity contribution in [3.8, 4) is 0 Å². The fraction of sp³-hybridized carbons (Fsp3) is 0.0952. The average molecular weight is 328 g/mol. The van der Waals surface area contributed by atoms with Crippen LogP contribution in [0.25, 0.3) is 21.8 Å². The van der Waals surface area contributed by atoms with Gasteiger partial charge < -0.3 is 4.57 Å². The maximum absolute atomic E-state index is 11.8. The summed E-state index contributed by atoms with van der Waals surface area (Å²) in [6.07, 6.45) is 0.731. The quantitative estimate of drug-likeness (QED) is 0.415. The van der Waals surface area contributed by atoms with Crippen LogP contribution in [0.2, 0.25) is 0 Å². The van der Waals surface area contributed by atoms with Gasteiger partial charge in [-0.2, -0.15) is 0 Å². The van der Waals surface area contributed by atoms with E-state index in [0.29, 0.717) is 17.9 Å². The first kappa shape index (κ1) is 15.3. The summed E-state index contributed by atoms with van der Waals surface area (Å²) in [4.78, 5) is 27.8. The van der Waals surface area contributed by atoms with Crippen molar-refractivity contribution in [1.82, 2.24) is 9.55 Å². The lowest BCUT2D eigenvalue weighted by atomic mass is 10.1. The first-order valence-electron chi connectivity index (χ1n) is 8.11. The predicted molar refractivity (Wildman–Crippen MR) is 98.2 cm³/mol. The largest absolute Gasteiger partial charge is 0.334 e. The number of para-hydroxylation sites is 1. The van der Waals surface area contributed by atoms with Crippen LogP contribution < -0.4 is 0 Å². The molecule has 0 unspecified atom stereocenters. The predicted octanol–water partition coefficient (Wildman–Crippen LogP) is 4.25. The van der Waals surface area contributed by atoms with Crippen LogP contribution in [0.3, 0.4) is 0 Å². The van der Waals surface area contributed by atoms with Crippen LogP contribution in [0, 0.1) is 0 Å². The Morgan fingerprint density at radius 1 is 1.04 bits per heavy atom. The first-order valence-corrected chi connectivity index (χ1v) is 8.11. The maximum atomic E-state index is 11.8. The van der Waals surface area contributed by atoms with E-state index in [0.717, 1.165) is 33.7 Å². The summed E-state index contributed by atoms with van der Waals surface area (Å²) in [6.45, 7) is 2.10. The second-order valence-corrected chi connectivity index (χ2v) is 6.05. The van der Waals surface area contributed by atoms with Crippen LogP contribution in [0.1, 0.15) is 33.5 Å². The Labute approximate surface area is 144 Å². The Bertz CT molecular complexity index is 1110. The zero-order valence-corrected chi connectivity index (χ0v) is 13.8. The van der Waals surface area contributed by atoms with Crippen molar-refractivity contribution >= 4 is 33.9 Å². The fourth-order valence-corrected chi connectivity index (χ4v) is 3.30. The molecule has 0 bridgehead atoms. The lowest BCUT2D eigenvalue weighted by Crippen LogP contribution is -2.05. The molecule has 0 atom stereocenters. The van der Waals surface area contributed by atoms with E-state index >= 15 is 0 Å². The van der Waals surface area contributed by atoms with Crippen molar-refractivity contribution in [2.45, 2.75) is 13.5 Å². The summed E-state index contributed by atoms with van der Waals surface area (Å²) in [7, 11) is 0. The summed E-state index contributed by atoms with van der Waals surface area (Å²) in [5.74, 6) is -0.148. The van der Waals surface area contributed by atoms with Crippen molar-refractivity contribution < 1.29 is 9.59 Å². The fourth-order valence-electron chi connectivity index (χ4n) is 3.30. The number of rotatable bonds is 4. The molecule has 0 saturated carbocycles. The van der Waals surface area contributed by atoms with E-state index in [1.54, 1.807) is 6.07 Å². The standard InChI is InChI=1S/C21H16N2O2/c1-14(25)18-11-17-16-9-5-6-10-20(16)23(21(17)19(13-24)22-18)12-15-7-3-2-4-8-15/h2-11,13H,12H2,1H3. The van der Waals surface area contributed by atoms with Crippen LogP contribution in [0.5, 0.6) is 0 Å². The van der Waals surface area contributed by atoms with Crippen molar-refractivity contribution in [1.29, 1.82) is 0 Å². The van der Waals surface area contributed by atoms with Crippen molar-refractivity contribution in [3.05, 3.63) is 77.6 Å². The summed E-state index contributed by atoms with van der Waals surface area (Å²) in [5.41, 5.74) is 3.54. The third kappa shape index (κ3) is 2.52. The molecule has 2 heterocycles. The lowest BCUT2D eigenvalue weighted by Gasteiger charge is -2.09. The van der Waals surface area contributed by atoms with Gasteiger partial charge in [0.2, 0.25) is 0 Å². The van der Waals surface area contributed by atoms with Crippen molar-refractivity contribution in [2.24, 2.45) is 0 Å². The number of hydrogen-bond donors (Lipinski definition) is 0. The number of carbonyl (C=O) groups is 2. The highest BCUT2D eigenvalue weighted by atomic mass is 16.1.